The van der Waals surface area contributed by atoms with Crippen LogP contribution in [-0.4, -0.2) is 18.1 Å². The Morgan fingerprint density at radius 3 is 2.84 bits per heavy atom. The number of nitrogens with two attached hydrogens (primary N) is 1. The van der Waals surface area contributed by atoms with Gasteiger partial charge in [-0.1, -0.05) is 11.6 Å². The Kier molecular flexibility index (Phi) is 3.87. The summed E-state index contributed by atoms with van der Waals surface area (Å²) in [6, 6.07) is 7.97. The van der Waals surface area contributed by atoms with Gasteiger partial charge >= 0.3 is 5.97 Å². The highest BCUT2D eigenvalue weighted by molar-refractivity contribution is 6.32. The van der Waals surface area contributed by atoms with Gasteiger partial charge in [0.2, 0.25) is 5.88 Å². The van der Waals surface area contributed by atoms with E-state index in [1.807, 2.05) is 0 Å². The summed E-state index contributed by atoms with van der Waals surface area (Å²) in [6.45, 7) is 0. The summed E-state index contributed by atoms with van der Waals surface area (Å²) in [5.74, 6) is -0.0459. The Morgan fingerprint density at radius 1 is 1.37 bits per heavy atom. The van der Waals surface area contributed by atoms with Crippen molar-refractivity contribution < 1.29 is 14.3 Å². The maximum Gasteiger partial charge on any atom is 0.343 e. The molecule has 0 atom stereocenters. The van der Waals surface area contributed by atoms with Crippen LogP contribution in [0.4, 0.5) is 5.69 Å². The molecule has 0 spiro atoms. The van der Waals surface area contributed by atoms with Crippen LogP contribution in [0, 0.1) is 0 Å². The predicted molar refractivity (Wildman–Crippen MR) is 71.5 cm³/mol. The summed E-state index contributed by atoms with van der Waals surface area (Å²) in [6.07, 6.45) is 1.51. The lowest BCUT2D eigenvalue weighted by Crippen LogP contribution is -2.05. The molecule has 0 unspecified atom stereocenters. The van der Waals surface area contributed by atoms with Crippen molar-refractivity contribution in [1.82, 2.24) is 4.98 Å². The highest BCUT2D eigenvalue weighted by Crippen LogP contribution is 2.31. The molecule has 2 rings (SSSR count). The van der Waals surface area contributed by atoms with Crippen LogP contribution in [0.5, 0.6) is 11.6 Å². The zero-order valence-corrected chi connectivity index (χ0v) is 10.8. The fourth-order valence-corrected chi connectivity index (χ4v) is 1.67. The maximum atomic E-state index is 11.6. The Balaban J connectivity index is 2.35. The third-order valence-corrected chi connectivity index (χ3v) is 2.63. The monoisotopic (exact) mass is 278 g/mol. The van der Waals surface area contributed by atoms with Crippen LogP contribution in [0.1, 0.15) is 10.4 Å². The van der Waals surface area contributed by atoms with Gasteiger partial charge in [-0.3, -0.25) is 0 Å². The van der Waals surface area contributed by atoms with E-state index in [1.54, 1.807) is 30.3 Å². The molecular weight excluding hydrogens is 268 g/mol. The van der Waals surface area contributed by atoms with Crippen LogP contribution in [0.2, 0.25) is 5.02 Å². The number of benzene rings is 1. The topological polar surface area (TPSA) is 74.4 Å². The third kappa shape index (κ3) is 2.95. The second-order valence-electron chi connectivity index (χ2n) is 3.64. The minimum atomic E-state index is -0.533. The number of halogens is 1. The van der Waals surface area contributed by atoms with E-state index in [0.29, 0.717) is 16.5 Å². The second kappa shape index (κ2) is 5.58. The van der Waals surface area contributed by atoms with E-state index in [4.69, 9.17) is 22.1 Å². The molecule has 0 bridgehead atoms. The summed E-state index contributed by atoms with van der Waals surface area (Å²) in [5.41, 5.74) is 6.33. The highest BCUT2D eigenvalue weighted by atomic mass is 35.5. The van der Waals surface area contributed by atoms with Gasteiger partial charge in [-0.05, 0) is 30.3 Å². The Bertz CT molecular complexity index is 617. The Morgan fingerprint density at radius 2 is 2.16 bits per heavy atom. The average molecular weight is 279 g/mol. The molecule has 0 fully saturated rings. The van der Waals surface area contributed by atoms with E-state index < -0.39 is 5.97 Å². The van der Waals surface area contributed by atoms with Gasteiger partial charge in [-0.25, -0.2) is 9.78 Å². The number of hydrogen-bond acceptors (Lipinski definition) is 5. The summed E-state index contributed by atoms with van der Waals surface area (Å²) in [5, 5.41) is 0.335. The summed E-state index contributed by atoms with van der Waals surface area (Å²) < 4.78 is 10.2. The maximum absolute atomic E-state index is 11.6. The molecule has 19 heavy (non-hydrogen) atoms. The molecular formula is C13H11ClN2O3. The number of pyridine rings is 1. The Hall–Kier alpha value is -2.27. The molecule has 0 aliphatic rings. The molecule has 2 aromatic rings. The Labute approximate surface area is 114 Å². The van der Waals surface area contributed by atoms with Crippen LogP contribution in [-0.2, 0) is 4.74 Å². The molecule has 6 heteroatoms. The number of methoxy groups -OCH3 is 1. The second-order valence-corrected chi connectivity index (χ2v) is 4.05. The van der Waals surface area contributed by atoms with E-state index in [0.717, 1.165) is 0 Å². The van der Waals surface area contributed by atoms with E-state index in [9.17, 15) is 4.79 Å². The first-order valence-corrected chi connectivity index (χ1v) is 5.76. The lowest BCUT2D eigenvalue weighted by atomic mass is 10.2. The van der Waals surface area contributed by atoms with Crippen molar-refractivity contribution in [3.8, 4) is 11.6 Å². The molecule has 2 N–H and O–H groups in total. The van der Waals surface area contributed by atoms with Crippen LogP contribution >= 0.6 is 11.6 Å². The smallest absolute Gasteiger partial charge is 0.343 e. The molecule has 0 saturated heterocycles. The first-order chi connectivity index (χ1) is 9.11. The zero-order valence-electron chi connectivity index (χ0n) is 10.1. The standard InChI is InChI=1S/C13H11ClN2O3/c1-18-13(17)9-3-2-6-16-12(9)19-11-5-4-8(15)7-10(11)14/h2-7H,15H2,1H3. The number of carbonyl (C=O) groups excluding carboxylic acids is 1. The van der Waals surface area contributed by atoms with Gasteiger partial charge < -0.3 is 15.2 Å². The number of anilines is 1. The number of nitrogen functional groups attached to an aromatic ring is 1. The molecule has 0 saturated carbocycles. The van der Waals surface area contributed by atoms with Gasteiger partial charge in [0, 0.05) is 11.9 Å². The van der Waals surface area contributed by atoms with Crippen LogP contribution in [0.3, 0.4) is 0 Å². The molecule has 0 aliphatic carbocycles. The normalized spacial score (nSPS) is 10.0. The summed E-state index contributed by atoms with van der Waals surface area (Å²) in [4.78, 5) is 15.6. The molecule has 0 aliphatic heterocycles. The third-order valence-electron chi connectivity index (χ3n) is 2.34. The van der Waals surface area contributed by atoms with Crippen LogP contribution in [0.15, 0.2) is 36.5 Å². The van der Waals surface area contributed by atoms with Crippen LogP contribution in [0.25, 0.3) is 0 Å². The van der Waals surface area contributed by atoms with E-state index in [2.05, 4.69) is 9.72 Å². The number of carbonyl (C=O) groups is 1. The summed E-state index contributed by atoms with van der Waals surface area (Å²) >= 11 is 6.00. The van der Waals surface area contributed by atoms with Crippen molar-refractivity contribution in [2.45, 2.75) is 0 Å². The fourth-order valence-electron chi connectivity index (χ4n) is 1.44. The first-order valence-electron chi connectivity index (χ1n) is 5.38. The number of hydrogen-bond donors (Lipinski definition) is 1. The number of aromatic nitrogens is 1. The van der Waals surface area contributed by atoms with Gasteiger partial charge in [0.15, 0.2) is 0 Å². The van der Waals surface area contributed by atoms with Gasteiger partial charge in [0.25, 0.3) is 0 Å². The SMILES string of the molecule is COC(=O)c1cccnc1Oc1ccc(N)cc1Cl. The number of nitrogens with zero attached hydrogens (tertiary/aromatic N) is 1. The summed E-state index contributed by atoms with van der Waals surface area (Å²) in [7, 11) is 1.29. The van der Waals surface area contributed by atoms with Crippen molar-refractivity contribution >= 4 is 23.3 Å². The van der Waals surface area contributed by atoms with E-state index >= 15 is 0 Å². The molecule has 0 radical (unpaired) electrons. The van der Waals surface area contributed by atoms with Crippen molar-refractivity contribution in [3.63, 3.8) is 0 Å². The van der Waals surface area contributed by atoms with Gasteiger partial charge in [0.05, 0.1) is 12.1 Å². The average Bonchev–Trinajstić information content (AvgIpc) is 2.41. The minimum absolute atomic E-state index is 0.126. The largest absolute Gasteiger partial charge is 0.465 e. The lowest BCUT2D eigenvalue weighted by Gasteiger charge is -2.09. The molecule has 1 aromatic heterocycles. The van der Waals surface area contributed by atoms with Crippen LogP contribution < -0.4 is 10.5 Å². The molecule has 1 aromatic carbocycles. The lowest BCUT2D eigenvalue weighted by molar-refractivity contribution is 0.0597. The van der Waals surface area contributed by atoms with Crippen molar-refractivity contribution in [3.05, 3.63) is 47.1 Å². The van der Waals surface area contributed by atoms with Gasteiger partial charge in [-0.2, -0.15) is 0 Å². The quantitative estimate of drug-likeness (QED) is 0.690. The highest BCUT2D eigenvalue weighted by Gasteiger charge is 2.15. The van der Waals surface area contributed by atoms with Crippen molar-refractivity contribution in [2.24, 2.45) is 0 Å². The molecule has 5 nitrogen and oxygen atoms in total. The van der Waals surface area contributed by atoms with E-state index in [-0.39, 0.29) is 11.4 Å². The van der Waals surface area contributed by atoms with Gasteiger partial charge in [0.1, 0.15) is 11.3 Å². The van der Waals surface area contributed by atoms with Crippen molar-refractivity contribution in [1.29, 1.82) is 0 Å². The minimum Gasteiger partial charge on any atom is -0.465 e. The van der Waals surface area contributed by atoms with E-state index in [1.165, 1.54) is 13.3 Å². The zero-order chi connectivity index (χ0) is 13.8. The molecule has 0 amide bonds. The van der Waals surface area contributed by atoms with Gasteiger partial charge in [-0.15, -0.1) is 0 Å². The molecule has 1 heterocycles. The number of ether oxygens (including phenoxy) is 2. The molecule has 98 valence electrons. The fraction of sp³-hybridized carbons (Fsp3) is 0.0769. The number of esters is 1. The predicted octanol–water partition coefficient (Wildman–Crippen LogP) is 2.90. The first kappa shape index (κ1) is 13.2. The van der Waals surface area contributed by atoms with Crippen molar-refractivity contribution in [2.75, 3.05) is 12.8 Å². The number of rotatable bonds is 3.